The van der Waals surface area contributed by atoms with Crippen LogP contribution in [0.3, 0.4) is 0 Å². The number of methoxy groups -OCH3 is 2. The second-order valence-corrected chi connectivity index (χ2v) is 8.86. The summed E-state index contributed by atoms with van der Waals surface area (Å²) in [6.07, 6.45) is 0.672. The summed E-state index contributed by atoms with van der Waals surface area (Å²) in [7, 11) is -0.548. The zero-order valence-corrected chi connectivity index (χ0v) is 19.5. The van der Waals surface area contributed by atoms with Crippen molar-refractivity contribution in [3.8, 4) is 17.2 Å². The van der Waals surface area contributed by atoms with Crippen molar-refractivity contribution in [3.05, 3.63) is 47.0 Å². The molecule has 0 fully saturated rings. The lowest BCUT2D eigenvalue weighted by Crippen LogP contribution is -2.31. The number of rotatable bonds is 11. The Morgan fingerprint density at radius 1 is 1.06 bits per heavy atom. The van der Waals surface area contributed by atoms with Crippen molar-refractivity contribution in [3.63, 3.8) is 0 Å². The van der Waals surface area contributed by atoms with Gasteiger partial charge in [0, 0.05) is 6.54 Å². The molecular weight excluding hydrogens is 444 g/mol. The summed E-state index contributed by atoms with van der Waals surface area (Å²) >= 11 is 6.14. The van der Waals surface area contributed by atoms with Crippen LogP contribution < -0.4 is 24.2 Å². The maximum Gasteiger partial charge on any atom is 0.258 e. The first-order valence-electron chi connectivity index (χ1n) is 9.65. The van der Waals surface area contributed by atoms with E-state index in [2.05, 4.69) is 10.0 Å². The van der Waals surface area contributed by atoms with Crippen LogP contribution in [0.4, 0.5) is 0 Å². The molecule has 2 N–H and O–H groups in total. The molecule has 0 aromatic heterocycles. The summed E-state index contributed by atoms with van der Waals surface area (Å²) in [4.78, 5) is 12.3. The van der Waals surface area contributed by atoms with Crippen LogP contribution in [0.5, 0.6) is 17.2 Å². The monoisotopic (exact) mass is 470 g/mol. The van der Waals surface area contributed by atoms with Gasteiger partial charge in [-0.15, -0.1) is 0 Å². The van der Waals surface area contributed by atoms with Gasteiger partial charge >= 0.3 is 0 Å². The molecule has 0 saturated carbocycles. The van der Waals surface area contributed by atoms with Crippen LogP contribution in [-0.4, -0.2) is 41.7 Å². The van der Waals surface area contributed by atoms with Crippen LogP contribution in [-0.2, 0) is 14.8 Å². The van der Waals surface area contributed by atoms with Gasteiger partial charge in [0.05, 0.1) is 30.2 Å². The van der Waals surface area contributed by atoms with E-state index in [1.165, 1.54) is 18.2 Å². The van der Waals surface area contributed by atoms with E-state index in [0.717, 1.165) is 5.56 Å². The summed E-state index contributed by atoms with van der Waals surface area (Å²) in [6, 6.07) is 9.17. The van der Waals surface area contributed by atoms with E-state index in [1.807, 2.05) is 19.9 Å². The highest BCUT2D eigenvalue weighted by Gasteiger charge is 2.17. The first-order chi connectivity index (χ1) is 14.7. The van der Waals surface area contributed by atoms with Gasteiger partial charge in [-0.2, -0.15) is 0 Å². The van der Waals surface area contributed by atoms with Crippen molar-refractivity contribution in [1.82, 2.24) is 10.0 Å². The van der Waals surface area contributed by atoms with Crippen molar-refractivity contribution in [2.45, 2.75) is 31.2 Å². The number of halogens is 1. The molecular formula is C21H27ClN2O6S. The highest BCUT2D eigenvalue weighted by molar-refractivity contribution is 7.89. The molecule has 0 saturated heterocycles. The molecule has 0 aliphatic heterocycles. The smallest absolute Gasteiger partial charge is 0.258 e. The van der Waals surface area contributed by atoms with Gasteiger partial charge in [0.1, 0.15) is 5.75 Å². The summed E-state index contributed by atoms with van der Waals surface area (Å²) < 4.78 is 42.8. The largest absolute Gasteiger partial charge is 0.493 e. The Morgan fingerprint density at radius 2 is 1.74 bits per heavy atom. The SMILES string of the molecule is CCCNS(=O)(=O)c1ccc(OCC(=O)N[C@@H](C)c2ccc(OC)c(OC)c2)c(Cl)c1. The Bertz CT molecular complexity index is 1010. The van der Waals surface area contributed by atoms with Crippen LogP contribution in [0, 0.1) is 0 Å². The average Bonchev–Trinajstić information content (AvgIpc) is 2.76. The quantitative estimate of drug-likeness (QED) is 0.522. The number of amides is 1. The third kappa shape index (κ3) is 6.75. The minimum atomic E-state index is -3.64. The molecule has 0 aliphatic rings. The topological polar surface area (TPSA) is 103 Å². The molecule has 2 aromatic carbocycles. The number of carbonyl (C=O) groups excluding carboxylic acids is 1. The fourth-order valence-electron chi connectivity index (χ4n) is 2.72. The third-order valence-corrected chi connectivity index (χ3v) is 6.15. The van der Waals surface area contributed by atoms with Crippen LogP contribution in [0.2, 0.25) is 5.02 Å². The molecule has 170 valence electrons. The molecule has 0 heterocycles. The highest BCUT2D eigenvalue weighted by Crippen LogP contribution is 2.30. The minimum Gasteiger partial charge on any atom is -0.493 e. The van der Waals surface area contributed by atoms with E-state index < -0.39 is 10.0 Å². The third-order valence-electron chi connectivity index (χ3n) is 4.40. The van der Waals surface area contributed by atoms with Gasteiger partial charge in [-0.05, 0) is 49.2 Å². The molecule has 0 radical (unpaired) electrons. The Balaban J connectivity index is 1.98. The first-order valence-corrected chi connectivity index (χ1v) is 11.5. The Labute approximate surface area is 187 Å². The lowest BCUT2D eigenvalue weighted by Gasteiger charge is -2.17. The normalized spacial score (nSPS) is 12.2. The molecule has 8 nitrogen and oxygen atoms in total. The average molecular weight is 471 g/mol. The number of carbonyl (C=O) groups is 1. The Morgan fingerprint density at radius 3 is 2.35 bits per heavy atom. The first kappa shape index (κ1) is 24.8. The summed E-state index contributed by atoms with van der Waals surface area (Å²) in [5.41, 5.74) is 0.832. The number of benzene rings is 2. The van der Waals surface area contributed by atoms with E-state index in [1.54, 1.807) is 26.4 Å². The van der Waals surface area contributed by atoms with Crippen LogP contribution in [0.15, 0.2) is 41.3 Å². The Kier molecular flexibility index (Phi) is 8.97. The van der Waals surface area contributed by atoms with Crippen LogP contribution in [0.25, 0.3) is 0 Å². The van der Waals surface area contributed by atoms with Gasteiger partial charge in [0.2, 0.25) is 10.0 Å². The molecule has 31 heavy (non-hydrogen) atoms. The van der Waals surface area contributed by atoms with Crippen molar-refractivity contribution >= 4 is 27.5 Å². The minimum absolute atomic E-state index is 0.0322. The molecule has 2 aromatic rings. The van der Waals surface area contributed by atoms with E-state index in [9.17, 15) is 13.2 Å². The van der Waals surface area contributed by atoms with Gasteiger partial charge in [-0.1, -0.05) is 24.6 Å². The van der Waals surface area contributed by atoms with Gasteiger partial charge < -0.3 is 19.5 Å². The summed E-state index contributed by atoms with van der Waals surface area (Å²) in [6.45, 7) is 3.74. The van der Waals surface area contributed by atoms with E-state index in [-0.39, 0.29) is 34.2 Å². The molecule has 0 unspecified atom stereocenters. The number of nitrogens with one attached hydrogen (secondary N) is 2. The molecule has 1 amide bonds. The fourth-order valence-corrected chi connectivity index (χ4v) is 4.18. The predicted molar refractivity (Wildman–Crippen MR) is 119 cm³/mol. The van der Waals surface area contributed by atoms with Gasteiger partial charge in [-0.25, -0.2) is 13.1 Å². The maximum atomic E-state index is 12.3. The second kappa shape index (κ2) is 11.2. The number of ether oxygens (including phenoxy) is 3. The number of sulfonamides is 1. The maximum absolute atomic E-state index is 12.3. The van der Waals surface area contributed by atoms with Crippen molar-refractivity contribution in [2.24, 2.45) is 0 Å². The van der Waals surface area contributed by atoms with Crippen LogP contribution >= 0.6 is 11.6 Å². The summed E-state index contributed by atoms with van der Waals surface area (Å²) in [5.74, 6) is 1.01. The molecule has 0 spiro atoms. The highest BCUT2D eigenvalue weighted by atomic mass is 35.5. The van der Waals surface area contributed by atoms with E-state index >= 15 is 0 Å². The lowest BCUT2D eigenvalue weighted by atomic mass is 10.1. The van der Waals surface area contributed by atoms with Crippen LogP contribution in [0.1, 0.15) is 31.9 Å². The molecule has 10 heteroatoms. The summed E-state index contributed by atoms with van der Waals surface area (Å²) in [5, 5.41) is 2.92. The molecule has 0 bridgehead atoms. The second-order valence-electron chi connectivity index (χ2n) is 6.68. The molecule has 2 rings (SSSR count). The van der Waals surface area contributed by atoms with Crippen molar-refractivity contribution < 1.29 is 27.4 Å². The fraction of sp³-hybridized carbons (Fsp3) is 0.381. The van der Waals surface area contributed by atoms with E-state index in [4.69, 9.17) is 25.8 Å². The Hall–Kier alpha value is -2.49. The zero-order valence-electron chi connectivity index (χ0n) is 17.9. The van der Waals surface area contributed by atoms with Gasteiger partial charge in [0.25, 0.3) is 5.91 Å². The van der Waals surface area contributed by atoms with Gasteiger partial charge in [0.15, 0.2) is 18.1 Å². The predicted octanol–water partition coefficient (Wildman–Crippen LogP) is 3.30. The zero-order chi connectivity index (χ0) is 23.0. The number of hydrogen-bond donors (Lipinski definition) is 2. The lowest BCUT2D eigenvalue weighted by molar-refractivity contribution is -0.123. The van der Waals surface area contributed by atoms with Gasteiger partial charge in [-0.3, -0.25) is 4.79 Å². The molecule has 0 aliphatic carbocycles. The molecule has 1 atom stereocenters. The van der Waals surface area contributed by atoms with Crippen molar-refractivity contribution in [1.29, 1.82) is 0 Å². The standard InChI is InChI=1S/C21H27ClN2O6S/c1-5-10-23-31(26,27)16-7-9-18(17(22)12-16)30-13-21(25)24-14(2)15-6-8-19(28-3)20(11-15)29-4/h6-9,11-12,14,23H,5,10,13H2,1-4H3,(H,24,25)/t14-/m0/s1. The van der Waals surface area contributed by atoms with Crippen molar-refractivity contribution in [2.75, 3.05) is 27.4 Å². The number of hydrogen-bond acceptors (Lipinski definition) is 6. The van der Waals surface area contributed by atoms with E-state index in [0.29, 0.717) is 24.5 Å².